The average Bonchev–Trinajstić information content (AvgIpc) is 2.82. The van der Waals surface area contributed by atoms with E-state index in [1.165, 1.54) is 0 Å². The minimum absolute atomic E-state index is 0.612. The summed E-state index contributed by atoms with van der Waals surface area (Å²) in [7, 11) is 1.61. The van der Waals surface area contributed by atoms with Gasteiger partial charge < -0.3 is 9.72 Å². The molecule has 0 unspecified atom stereocenters. The quantitative estimate of drug-likeness (QED) is 0.729. The van der Waals surface area contributed by atoms with E-state index in [2.05, 4.69) is 15.0 Å². The maximum absolute atomic E-state index is 5.13. The fourth-order valence-electron chi connectivity index (χ4n) is 1.88. The molecule has 0 aliphatic carbocycles. The first-order valence-electron chi connectivity index (χ1n) is 5.31. The molecule has 0 atom stereocenters. The molecule has 17 heavy (non-hydrogen) atoms. The van der Waals surface area contributed by atoms with Gasteiger partial charge in [0.1, 0.15) is 5.65 Å². The summed E-state index contributed by atoms with van der Waals surface area (Å²) in [5.41, 5.74) is 3.06. The SMILES string of the molecule is COc1cc(-c2c[nH]c3ncccc23)ccn1. The molecule has 0 spiro atoms. The number of rotatable bonds is 2. The van der Waals surface area contributed by atoms with E-state index in [0.29, 0.717) is 5.88 Å². The smallest absolute Gasteiger partial charge is 0.213 e. The maximum atomic E-state index is 5.13. The zero-order chi connectivity index (χ0) is 11.7. The Morgan fingerprint density at radius 3 is 3.00 bits per heavy atom. The Morgan fingerprint density at radius 2 is 2.12 bits per heavy atom. The molecule has 0 amide bonds. The maximum Gasteiger partial charge on any atom is 0.213 e. The van der Waals surface area contributed by atoms with Gasteiger partial charge in [-0.15, -0.1) is 0 Å². The number of hydrogen-bond donors (Lipinski definition) is 1. The van der Waals surface area contributed by atoms with Gasteiger partial charge in [-0.1, -0.05) is 0 Å². The molecule has 1 N–H and O–H groups in total. The van der Waals surface area contributed by atoms with Gasteiger partial charge in [-0.25, -0.2) is 9.97 Å². The normalized spacial score (nSPS) is 10.6. The molecule has 3 aromatic rings. The van der Waals surface area contributed by atoms with E-state index >= 15 is 0 Å². The fourth-order valence-corrected chi connectivity index (χ4v) is 1.88. The minimum Gasteiger partial charge on any atom is -0.481 e. The molecular formula is C13H11N3O. The summed E-state index contributed by atoms with van der Waals surface area (Å²) in [5, 5.41) is 1.10. The summed E-state index contributed by atoms with van der Waals surface area (Å²) >= 11 is 0. The van der Waals surface area contributed by atoms with Crippen molar-refractivity contribution in [2.45, 2.75) is 0 Å². The van der Waals surface area contributed by atoms with Crippen LogP contribution in [0.4, 0.5) is 0 Å². The Morgan fingerprint density at radius 1 is 1.18 bits per heavy atom. The van der Waals surface area contributed by atoms with Crippen molar-refractivity contribution in [1.82, 2.24) is 15.0 Å². The molecular weight excluding hydrogens is 214 g/mol. The highest BCUT2D eigenvalue weighted by Crippen LogP contribution is 2.28. The molecule has 0 aliphatic rings. The van der Waals surface area contributed by atoms with E-state index in [-0.39, 0.29) is 0 Å². The monoisotopic (exact) mass is 225 g/mol. The molecule has 0 saturated heterocycles. The second kappa shape index (κ2) is 3.90. The Kier molecular flexibility index (Phi) is 2.26. The Labute approximate surface area is 98.3 Å². The molecule has 0 aromatic carbocycles. The Balaban J connectivity index is 2.20. The van der Waals surface area contributed by atoms with Gasteiger partial charge in [0.25, 0.3) is 0 Å². The molecule has 4 nitrogen and oxygen atoms in total. The number of aromatic amines is 1. The Hall–Kier alpha value is -2.36. The molecule has 3 aromatic heterocycles. The van der Waals surface area contributed by atoms with Crippen molar-refractivity contribution in [3.05, 3.63) is 42.9 Å². The Bertz CT molecular complexity index is 660. The van der Waals surface area contributed by atoms with Crippen molar-refractivity contribution in [1.29, 1.82) is 0 Å². The number of hydrogen-bond acceptors (Lipinski definition) is 3. The first-order chi connectivity index (χ1) is 8.38. The number of pyridine rings is 2. The first kappa shape index (κ1) is 9.84. The van der Waals surface area contributed by atoms with Gasteiger partial charge in [0.15, 0.2) is 0 Å². The van der Waals surface area contributed by atoms with Crippen LogP contribution in [0.1, 0.15) is 0 Å². The lowest BCUT2D eigenvalue weighted by atomic mass is 10.1. The molecule has 3 heterocycles. The van der Waals surface area contributed by atoms with E-state index in [1.807, 2.05) is 30.5 Å². The number of H-pyrrole nitrogens is 1. The molecule has 0 radical (unpaired) electrons. The van der Waals surface area contributed by atoms with E-state index in [4.69, 9.17) is 4.74 Å². The number of nitrogens with zero attached hydrogens (tertiary/aromatic N) is 2. The van der Waals surface area contributed by atoms with Crippen molar-refractivity contribution in [2.75, 3.05) is 7.11 Å². The number of aromatic nitrogens is 3. The molecule has 3 rings (SSSR count). The van der Waals surface area contributed by atoms with E-state index < -0.39 is 0 Å². The lowest BCUT2D eigenvalue weighted by molar-refractivity contribution is 0.398. The minimum atomic E-state index is 0.612. The number of methoxy groups -OCH3 is 1. The first-order valence-corrected chi connectivity index (χ1v) is 5.31. The van der Waals surface area contributed by atoms with Crippen LogP contribution >= 0.6 is 0 Å². The molecule has 0 aliphatic heterocycles. The standard InChI is InChI=1S/C13H11N3O/c1-17-12-7-9(4-6-14-12)11-8-16-13-10(11)3-2-5-15-13/h2-8H,1H3,(H,15,16). The second-order valence-corrected chi connectivity index (χ2v) is 3.69. The predicted octanol–water partition coefficient (Wildman–Crippen LogP) is 2.63. The van der Waals surface area contributed by atoms with Crippen LogP contribution in [-0.4, -0.2) is 22.1 Å². The number of nitrogens with one attached hydrogen (secondary N) is 1. The highest BCUT2D eigenvalue weighted by atomic mass is 16.5. The van der Waals surface area contributed by atoms with Gasteiger partial charge in [-0.05, 0) is 23.8 Å². The highest BCUT2D eigenvalue weighted by Gasteiger charge is 2.07. The summed E-state index contributed by atoms with van der Waals surface area (Å²) in [6.45, 7) is 0. The highest BCUT2D eigenvalue weighted by molar-refractivity contribution is 5.93. The van der Waals surface area contributed by atoms with Gasteiger partial charge in [-0.3, -0.25) is 0 Å². The van der Waals surface area contributed by atoms with Crippen LogP contribution in [0, 0.1) is 0 Å². The summed E-state index contributed by atoms with van der Waals surface area (Å²) in [5.74, 6) is 0.612. The van der Waals surface area contributed by atoms with Gasteiger partial charge in [0.2, 0.25) is 5.88 Å². The third kappa shape index (κ3) is 1.63. The van der Waals surface area contributed by atoms with Gasteiger partial charge in [-0.2, -0.15) is 0 Å². The summed E-state index contributed by atoms with van der Waals surface area (Å²) in [4.78, 5) is 11.5. The molecule has 84 valence electrons. The second-order valence-electron chi connectivity index (χ2n) is 3.69. The lowest BCUT2D eigenvalue weighted by Gasteiger charge is -2.02. The van der Waals surface area contributed by atoms with Crippen LogP contribution in [0.2, 0.25) is 0 Å². The molecule has 0 fully saturated rings. The zero-order valence-electron chi connectivity index (χ0n) is 9.34. The average molecular weight is 225 g/mol. The third-order valence-corrected chi connectivity index (χ3v) is 2.71. The summed E-state index contributed by atoms with van der Waals surface area (Å²) in [6.07, 6.45) is 5.46. The van der Waals surface area contributed by atoms with Crippen LogP contribution in [0.25, 0.3) is 22.2 Å². The van der Waals surface area contributed by atoms with E-state index in [1.54, 1.807) is 19.5 Å². The lowest BCUT2D eigenvalue weighted by Crippen LogP contribution is -1.87. The summed E-state index contributed by atoms with van der Waals surface area (Å²) in [6, 6.07) is 7.84. The van der Waals surface area contributed by atoms with E-state index in [0.717, 1.165) is 22.2 Å². The largest absolute Gasteiger partial charge is 0.481 e. The van der Waals surface area contributed by atoms with Gasteiger partial charge in [0.05, 0.1) is 7.11 Å². The van der Waals surface area contributed by atoms with Crippen molar-refractivity contribution >= 4 is 11.0 Å². The van der Waals surface area contributed by atoms with Crippen molar-refractivity contribution in [2.24, 2.45) is 0 Å². The molecule has 0 saturated carbocycles. The van der Waals surface area contributed by atoms with Crippen LogP contribution in [0.5, 0.6) is 5.88 Å². The number of fused-ring (bicyclic) bond motifs is 1. The molecule has 0 bridgehead atoms. The third-order valence-electron chi connectivity index (χ3n) is 2.71. The van der Waals surface area contributed by atoms with Gasteiger partial charge in [0, 0.05) is 35.6 Å². The van der Waals surface area contributed by atoms with Gasteiger partial charge >= 0.3 is 0 Å². The van der Waals surface area contributed by atoms with Crippen LogP contribution in [0.15, 0.2) is 42.9 Å². The topological polar surface area (TPSA) is 50.8 Å². The van der Waals surface area contributed by atoms with Crippen molar-refractivity contribution < 1.29 is 4.74 Å². The predicted molar refractivity (Wildman–Crippen MR) is 65.9 cm³/mol. The molecule has 4 heteroatoms. The number of ether oxygens (including phenoxy) is 1. The van der Waals surface area contributed by atoms with Crippen molar-refractivity contribution in [3.63, 3.8) is 0 Å². The summed E-state index contributed by atoms with van der Waals surface area (Å²) < 4.78 is 5.13. The fraction of sp³-hybridized carbons (Fsp3) is 0.0769. The van der Waals surface area contributed by atoms with Crippen LogP contribution in [-0.2, 0) is 0 Å². The van der Waals surface area contributed by atoms with E-state index in [9.17, 15) is 0 Å². The zero-order valence-corrected chi connectivity index (χ0v) is 9.34. The van der Waals surface area contributed by atoms with Crippen LogP contribution < -0.4 is 4.74 Å². The van der Waals surface area contributed by atoms with Crippen LogP contribution in [0.3, 0.4) is 0 Å². The van der Waals surface area contributed by atoms with Crippen molar-refractivity contribution in [3.8, 4) is 17.0 Å².